The molecule has 2 aromatic rings. The van der Waals surface area contributed by atoms with Gasteiger partial charge in [-0.3, -0.25) is 0 Å². The Labute approximate surface area is 143 Å². The van der Waals surface area contributed by atoms with Crippen LogP contribution in [-0.4, -0.2) is 27.5 Å². The number of carboxylic acid groups (broad SMARTS) is 1. The molecule has 5 nitrogen and oxygen atoms in total. The number of halogens is 1. The number of benzene rings is 1. The van der Waals surface area contributed by atoms with Crippen LogP contribution in [-0.2, 0) is 0 Å². The molecule has 0 amide bonds. The van der Waals surface area contributed by atoms with Crippen LogP contribution in [0.25, 0.3) is 5.69 Å². The highest BCUT2D eigenvalue weighted by Crippen LogP contribution is 2.28. The number of aromatic nitrogens is 2. The summed E-state index contributed by atoms with van der Waals surface area (Å²) in [6.45, 7) is 0.542. The molecule has 1 aromatic carbocycles. The van der Waals surface area contributed by atoms with Crippen molar-refractivity contribution in [2.75, 3.05) is 6.61 Å². The summed E-state index contributed by atoms with van der Waals surface area (Å²) >= 11 is 3.42. The average molecular weight is 379 g/mol. The van der Waals surface area contributed by atoms with Gasteiger partial charge in [0.25, 0.3) is 0 Å². The fourth-order valence-corrected chi connectivity index (χ4v) is 3.35. The molecule has 0 spiro atoms. The summed E-state index contributed by atoms with van der Waals surface area (Å²) in [4.78, 5) is 11.4. The van der Waals surface area contributed by atoms with Crippen molar-refractivity contribution in [3.05, 3.63) is 40.5 Å². The molecule has 0 radical (unpaired) electrons. The minimum atomic E-state index is -1.02. The zero-order chi connectivity index (χ0) is 16.2. The van der Waals surface area contributed by atoms with Gasteiger partial charge in [0.15, 0.2) is 0 Å². The van der Waals surface area contributed by atoms with Gasteiger partial charge in [0.1, 0.15) is 5.56 Å². The zero-order valence-electron chi connectivity index (χ0n) is 12.7. The van der Waals surface area contributed by atoms with E-state index in [1.807, 2.05) is 24.3 Å². The first-order valence-corrected chi connectivity index (χ1v) is 8.64. The molecule has 23 heavy (non-hydrogen) atoms. The fourth-order valence-electron chi connectivity index (χ4n) is 2.97. The highest BCUT2D eigenvalue weighted by atomic mass is 79.9. The lowest BCUT2D eigenvalue weighted by Crippen LogP contribution is -2.17. The SMILES string of the molecule is O=C(O)c1cnn(-c2cccc(Br)c2)c1OCC1CCCCC1. The van der Waals surface area contributed by atoms with Crippen molar-refractivity contribution in [1.82, 2.24) is 9.78 Å². The van der Waals surface area contributed by atoms with E-state index in [9.17, 15) is 9.90 Å². The normalized spacial score (nSPS) is 15.5. The molecule has 3 rings (SSSR count). The second-order valence-corrected chi connectivity index (χ2v) is 6.79. The van der Waals surface area contributed by atoms with Gasteiger partial charge in [-0.25, -0.2) is 9.48 Å². The van der Waals surface area contributed by atoms with Gasteiger partial charge >= 0.3 is 5.97 Å². The van der Waals surface area contributed by atoms with Crippen LogP contribution in [0.3, 0.4) is 0 Å². The van der Waals surface area contributed by atoms with Crippen molar-refractivity contribution in [1.29, 1.82) is 0 Å². The molecular weight excluding hydrogens is 360 g/mol. The third-order valence-corrected chi connectivity index (χ3v) is 4.68. The Morgan fingerprint density at radius 2 is 2.13 bits per heavy atom. The van der Waals surface area contributed by atoms with Crippen molar-refractivity contribution in [3.63, 3.8) is 0 Å². The van der Waals surface area contributed by atoms with E-state index < -0.39 is 5.97 Å². The number of hydrogen-bond donors (Lipinski definition) is 1. The Hall–Kier alpha value is -1.82. The van der Waals surface area contributed by atoms with Gasteiger partial charge in [-0.2, -0.15) is 5.10 Å². The Balaban J connectivity index is 1.86. The summed E-state index contributed by atoms with van der Waals surface area (Å²) in [7, 11) is 0. The van der Waals surface area contributed by atoms with Gasteiger partial charge in [0.05, 0.1) is 18.5 Å². The molecule has 1 heterocycles. The molecule has 0 aliphatic heterocycles. The van der Waals surface area contributed by atoms with Crippen LogP contribution in [0.2, 0.25) is 0 Å². The summed E-state index contributed by atoms with van der Waals surface area (Å²) < 4.78 is 8.36. The van der Waals surface area contributed by atoms with Gasteiger partial charge in [-0.05, 0) is 37.0 Å². The average Bonchev–Trinajstić information content (AvgIpc) is 2.98. The number of hydrogen-bond acceptors (Lipinski definition) is 3. The summed E-state index contributed by atoms with van der Waals surface area (Å²) in [6.07, 6.45) is 7.38. The Bertz CT molecular complexity index is 693. The quantitative estimate of drug-likeness (QED) is 0.842. The van der Waals surface area contributed by atoms with E-state index in [1.54, 1.807) is 4.68 Å². The summed E-state index contributed by atoms with van der Waals surface area (Å²) in [5.74, 6) is -0.220. The molecule has 0 unspecified atom stereocenters. The van der Waals surface area contributed by atoms with Crippen LogP contribution in [0.5, 0.6) is 5.88 Å². The van der Waals surface area contributed by atoms with Gasteiger partial charge in [0, 0.05) is 4.47 Å². The van der Waals surface area contributed by atoms with Crippen LogP contribution < -0.4 is 4.74 Å². The number of carbonyl (C=O) groups is 1. The molecular formula is C17H19BrN2O3. The molecule has 1 N–H and O–H groups in total. The van der Waals surface area contributed by atoms with Crippen LogP contribution in [0, 0.1) is 5.92 Å². The molecule has 122 valence electrons. The second kappa shape index (κ2) is 7.17. The van der Waals surface area contributed by atoms with Gasteiger partial charge in [-0.1, -0.05) is 41.3 Å². The van der Waals surface area contributed by atoms with E-state index >= 15 is 0 Å². The lowest BCUT2D eigenvalue weighted by molar-refractivity contribution is 0.0690. The minimum Gasteiger partial charge on any atom is -0.477 e. The second-order valence-electron chi connectivity index (χ2n) is 5.88. The molecule has 1 aliphatic rings. The van der Waals surface area contributed by atoms with E-state index in [0.29, 0.717) is 18.4 Å². The van der Waals surface area contributed by atoms with Crippen molar-refractivity contribution in [2.45, 2.75) is 32.1 Å². The van der Waals surface area contributed by atoms with Gasteiger partial charge in [0.2, 0.25) is 5.88 Å². The predicted molar refractivity (Wildman–Crippen MR) is 90.3 cm³/mol. The van der Waals surface area contributed by atoms with E-state index in [0.717, 1.165) is 23.0 Å². The smallest absolute Gasteiger partial charge is 0.342 e. The number of aromatic carboxylic acids is 1. The molecule has 0 atom stereocenters. The highest BCUT2D eigenvalue weighted by molar-refractivity contribution is 9.10. The summed E-state index contributed by atoms with van der Waals surface area (Å²) in [6, 6.07) is 7.54. The van der Waals surface area contributed by atoms with E-state index in [2.05, 4.69) is 21.0 Å². The maximum absolute atomic E-state index is 11.4. The molecule has 0 bridgehead atoms. The number of nitrogens with zero attached hydrogens (tertiary/aromatic N) is 2. The number of rotatable bonds is 5. The van der Waals surface area contributed by atoms with Crippen molar-refractivity contribution >= 4 is 21.9 Å². The van der Waals surface area contributed by atoms with E-state index in [4.69, 9.17) is 4.74 Å². The molecule has 1 saturated carbocycles. The largest absolute Gasteiger partial charge is 0.477 e. The van der Waals surface area contributed by atoms with Crippen LogP contribution >= 0.6 is 15.9 Å². The lowest BCUT2D eigenvalue weighted by atomic mass is 9.90. The highest BCUT2D eigenvalue weighted by Gasteiger charge is 2.22. The number of carboxylic acids is 1. The number of ether oxygens (including phenoxy) is 1. The van der Waals surface area contributed by atoms with Gasteiger partial charge in [-0.15, -0.1) is 0 Å². The lowest BCUT2D eigenvalue weighted by Gasteiger charge is -2.22. The minimum absolute atomic E-state index is 0.0979. The zero-order valence-corrected chi connectivity index (χ0v) is 14.3. The first kappa shape index (κ1) is 16.1. The molecule has 6 heteroatoms. The monoisotopic (exact) mass is 378 g/mol. The first-order valence-electron chi connectivity index (χ1n) is 7.85. The van der Waals surface area contributed by atoms with Crippen LogP contribution in [0.1, 0.15) is 42.5 Å². The third kappa shape index (κ3) is 3.75. The maximum atomic E-state index is 11.4. The van der Waals surface area contributed by atoms with Crippen LogP contribution in [0.15, 0.2) is 34.9 Å². The van der Waals surface area contributed by atoms with E-state index in [1.165, 1.54) is 25.5 Å². The first-order chi connectivity index (χ1) is 11.1. The van der Waals surface area contributed by atoms with Crippen LogP contribution in [0.4, 0.5) is 0 Å². The van der Waals surface area contributed by atoms with Gasteiger partial charge < -0.3 is 9.84 Å². The fraction of sp³-hybridized carbons (Fsp3) is 0.412. The predicted octanol–water partition coefficient (Wildman–Crippen LogP) is 4.29. The Kier molecular flexibility index (Phi) is 5.00. The Morgan fingerprint density at radius 1 is 1.35 bits per heavy atom. The molecule has 1 fully saturated rings. The third-order valence-electron chi connectivity index (χ3n) is 4.19. The Morgan fingerprint density at radius 3 is 2.83 bits per heavy atom. The van der Waals surface area contributed by atoms with E-state index in [-0.39, 0.29) is 5.56 Å². The van der Waals surface area contributed by atoms with Crippen molar-refractivity contribution in [3.8, 4) is 11.6 Å². The standard InChI is InChI=1S/C17H19BrN2O3/c18-13-7-4-8-14(9-13)20-16(15(10-19-20)17(21)22)23-11-12-5-2-1-3-6-12/h4,7-10,12H,1-3,5-6,11H2,(H,21,22). The summed E-state index contributed by atoms with van der Waals surface area (Å²) in [5.41, 5.74) is 0.867. The topological polar surface area (TPSA) is 64.3 Å². The molecule has 1 aliphatic carbocycles. The van der Waals surface area contributed by atoms with Crippen molar-refractivity contribution in [2.24, 2.45) is 5.92 Å². The summed E-state index contributed by atoms with van der Waals surface area (Å²) in [5, 5.41) is 13.6. The molecule has 0 saturated heterocycles. The van der Waals surface area contributed by atoms with Crippen molar-refractivity contribution < 1.29 is 14.6 Å². The maximum Gasteiger partial charge on any atom is 0.342 e. The molecule has 1 aromatic heterocycles.